The molecule has 2 aromatic rings. The Morgan fingerprint density at radius 2 is 2.05 bits per heavy atom. The van der Waals surface area contributed by atoms with Crippen molar-refractivity contribution in [2.24, 2.45) is 0 Å². The monoisotopic (exact) mass is 342 g/mol. The zero-order valence-electron chi connectivity index (χ0n) is 10.4. The molecule has 0 aliphatic heterocycles. The average Bonchev–Trinajstić information content (AvgIpc) is 2.38. The molecule has 0 amide bonds. The molecule has 2 aromatic carbocycles. The zero-order valence-corrected chi connectivity index (χ0v) is 12.7. The number of ether oxygens (including phenoxy) is 1. The first-order chi connectivity index (χ1) is 9.10. The summed E-state index contributed by atoms with van der Waals surface area (Å²) in [5.41, 5.74) is 1.85. The predicted octanol–water partition coefficient (Wildman–Crippen LogP) is 5.12. The van der Waals surface area contributed by atoms with E-state index in [1.165, 1.54) is 12.1 Å². The third-order valence-electron chi connectivity index (χ3n) is 2.84. The fourth-order valence-electron chi connectivity index (χ4n) is 1.87. The minimum Gasteiger partial charge on any atom is -0.496 e. The van der Waals surface area contributed by atoms with Crippen molar-refractivity contribution in [3.63, 3.8) is 0 Å². The quantitative estimate of drug-likeness (QED) is 0.700. The average molecular weight is 344 g/mol. The van der Waals surface area contributed by atoms with Crippen LogP contribution in [0.25, 0.3) is 0 Å². The van der Waals surface area contributed by atoms with Gasteiger partial charge in [0.1, 0.15) is 11.6 Å². The van der Waals surface area contributed by atoms with Gasteiger partial charge in [0.15, 0.2) is 0 Å². The van der Waals surface area contributed by atoms with Crippen LogP contribution < -0.4 is 4.74 Å². The van der Waals surface area contributed by atoms with Gasteiger partial charge >= 0.3 is 0 Å². The molecule has 19 heavy (non-hydrogen) atoms. The van der Waals surface area contributed by atoms with Crippen molar-refractivity contribution in [2.75, 3.05) is 7.11 Å². The van der Waals surface area contributed by atoms with Crippen LogP contribution in [0.4, 0.5) is 4.39 Å². The highest BCUT2D eigenvalue weighted by Crippen LogP contribution is 2.32. The normalized spacial score (nSPS) is 12.2. The number of benzene rings is 2. The highest BCUT2D eigenvalue weighted by molar-refractivity contribution is 9.10. The molecule has 1 nitrogen and oxygen atoms in total. The fourth-order valence-corrected chi connectivity index (χ4v) is 2.74. The molecule has 0 spiro atoms. The van der Waals surface area contributed by atoms with Crippen molar-refractivity contribution in [1.29, 1.82) is 0 Å². The lowest BCUT2D eigenvalue weighted by molar-refractivity contribution is 0.412. The molecule has 0 saturated carbocycles. The maximum atomic E-state index is 13.1. The summed E-state index contributed by atoms with van der Waals surface area (Å²) < 4.78 is 19.1. The lowest BCUT2D eigenvalue weighted by Gasteiger charge is -2.12. The van der Waals surface area contributed by atoms with E-state index < -0.39 is 0 Å². The molecule has 2 rings (SSSR count). The molecule has 0 heterocycles. The number of methoxy groups -OCH3 is 1. The Morgan fingerprint density at radius 1 is 1.26 bits per heavy atom. The van der Waals surface area contributed by atoms with Gasteiger partial charge in [-0.25, -0.2) is 4.39 Å². The maximum Gasteiger partial charge on any atom is 0.133 e. The molecule has 0 saturated heterocycles. The van der Waals surface area contributed by atoms with Crippen LogP contribution in [-0.2, 0) is 6.42 Å². The van der Waals surface area contributed by atoms with Gasteiger partial charge in [0, 0.05) is 0 Å². The van der Waals surface area contributed by atoms with Gasteiger partial charge < -0.3 is 4.74 Å². The number of halogens is 3. The van der Waals surface area contributed by atoms with Crippen LogP contribution in [-0.4, -0.2) is 7.11 Å². The van der Waals surface area contributed by atoms with Gasteiger partial charge in [0.25, 0.3) is 0 Å². The van der Waals surface area contributed by atoms with Gasteiger partial charge in [-0.05, 0) is 57.7 Å². The maximum absolute atomic E-state index is 13.1. The topological polar surface area (TPSA) is 9.23 Å². The van der Waals surface area contributed by atoms with E-state index in [0.29, 0.717) is 6.42 Å². The van der Waals surface area contributed by atoms with E-state index in [0.717, 1.165) is 21.3 Å². The first-order valence-corrected chi connectivity index (χ1v) is 7.05. The van der Waals surface area contributed by atoms with Crippen LogP contribution in [0.3, 0.4) is 0 Å². The van der Waals surface area contributed by atoms with Crippen LogP contribution in [0.1, 0.15) is 16.5 Å². The van der Waals surface area contributed by atoms with E-state index in [1.807, 2.05) is 24.3 Å². The van der Waals surface area contributed by atoms with E-state index in [2.05, 4.69) is 15.9 Å². The Morgan fingerprint density at radius 3 is 2.68 bits per heavy atom. The van der Waals surface area contributed by atoms with Gasteiger partial charge in [0.2, 0.25) is 0 Å². The van der Waals surface area contributed by atoms with Crippen molar-refractivity contribution in [1.82, 2.24) is 0 Å². The van der Waals surface area contributed by atoms with Crippen molar-refractivity contribution in [3.8, 4) is 5.75 Å². The number of rotatable bonds is 4. The third-order valence-corrected chi connectivity index (χ3v) is 3.87. The van der Waals surface area contributed by atoms with Crippen LogP contribution in [0.5, 0.6) is 5.75 Å². The number of alkyl halides is 1. The minimum atomic E-state index is -0.239. The van der Waals surface area contributed by atoms with Gasteiger partial charge in [-0.15, -0.1) is 11.6 Å². The highest BCUT2D eigenvalue weighted by Gasteiger charge is 2.11. The van der Waals surface area contributed by atoms with Gasteiger partial charge in [-0.2, -0.15) is 0 Å². The second-order valence-electron chi connectivity index (χ2n) is 4.20. The summed E-state index contributed by atoms with van der Waals surface area (Å²) >= 11 is 9.81. The summed E-state index contributed by atoms with van der Waals surface area (Å²) in [6.07, 6.45) is 0.581. The molecule has 0 radical (unpaired) electrons. The Hall–Kier alpha value is -1.06. The van der Waals surface area contributed by atoms with Crippen LogP contribution >= 0.6 is 27.5 Å². The summed E-state index contributed by atoms with van der Waals surface area (Å²) in [6.45, 7) is 0. The van der Waals surface area contributed by atoms with E-state index in [1.54, 1.807) is 13.2 Å². The summed E-state index contributed by atoms with van der Waals surface area (Å²) in [6, 6.07) is 12.2. The molecule has 4 heteroatoms. The van der Waals surface area contributed by atoms with Gasteiger partial charge in [-0.1, -0.05) is 18.2 Å². The first-order valence-electron chi connectivity index (χ1n) is 5.82. The van der Waals surface area contributed by atoms with Gasteiger partial charge in [0.05, 0.1) is 17.0 Å². The molecule has 100 valence electrons. The van der Waals surface area contributed by atoms with Crippen molar-refractivity contribution in [3.05, 3.63) is 63.9 Å². The predicted molar refractivity (Wildman–Crippen MR) is 79.4 cm³/mol. The lowest BCUT2D eigenvalue weighted by atomic mass is 10.0. The first kappa shape index (κ1) is 14.4. The van der Waals surface area contributed by atoms with Gasteiger partial charge in [-0.3, -0.25) is 0 Å². The molecule has 0 aliphatic carbocycles. The zero-order chi connectivity index (χ0) is 13.8. The Kier molecular flexibility index (Phi) is 4.83. The fraction of sp³-hybridized carbons (Fsp3) is 0.200. The Labute approximate surface area is 125 Å². The summed E-state index contributed by atoms with van der Waals surface area (Å²) in [7, 11) is 1.62. The SMILES string of the molecule is COc1ccc(C(Cl)Cc2cccc(F)c2)cc1Br. The van der Waals surface area contributed by atoms with Crippen molar-refractivity contribution >= 4 is 27.5 Å². The molecule has 0 N–H and O–H groups in total. The Bertz CT molecular complexity index is 574. The highest BCUT2D eigenvalue weighted by atomic mass is 79.9. The van der Waals surface area contributed by atoms with E-state index >= 15 is 0 Å². The molecule has 0 bridgehead atoms. The number of hydrogen-bond acceptors (Lipinski definition) is 1. The van der Waals surface area contributed by atoms with Crippen LogP contribution in [0, 0.1) is 5.82 Å². The number of hydrogen-bond donors (Lipinski definition) is 0. The molecule has 0 fully saturated rings. The van der Waals surface area contributed by atoms with E-state index in [-0.39, 0.29) is 11.2 Å². The summed E-state index contributed by atoms with van der Waals surface area (Å²) in [5, 5.41) is -0.205. The molecule has 0 aliphatic rings. The summed E-state index contributed by atoms with van der Waals surface area (Å²) in [5.74, 6) is 0.524. The lowest BCUT2D eigenvalue weighted by Crippen LogP contribution is -1.97. The molecular weight excluding hydrogens is 331 g/mol. The van der Waals surface area contributed by atoms with Crippen LogP contribution in [0.15, 0.2) is 46.9 Å². The summed E-state index contributed by atoms with van der Waals surface area (Å²) in [4.78, 5) is 0. The largest absolute Gasteiger partial charge is 0.496 e. The minimum absolute atomic E-state index is 0.205. The molecule has 1 atom stereocenters. The Balaban J connectivity index is 2.15. The third kappa shape index (κ3) is 3.71. The molecular formula is C15H13BrClFO. The second-order valence-corrected chi connectivity index (χ2v) is 5.58. The standard InChI is InChI=1S/C15H13BrClFO/c1-19-15-6-5-11(9-13(15)16)14(17)8-10-3-2-4-12(18)7-10/h2-7,9,14H,8H2,1H3. The van der Waals surface area contributed by atoms with Crippen molar-refractivity contribution in [2.45, 2.75) is 11.8 Å². The van der Waals surface area contributed by atoms with E-state index in [9.17, 15) is 4.39 Å². The van der Waals surface area contributed by atoms with Crippen molar-refractivity contribution < 1.29 is 9.13 Å². The second kappa shape index (κ2) is 6.40. The van der Waals surface area contributed by atoms with Crippen LogP contribution in [0.2, 0.25) is 0 Å². The smallest absolute Gasteiger partial charge is 0.133 e. The molecule has 1 unspecified atom stereocenters. The van der Waals surface area contributed by atoms with E-state index in [4.69, 9.17) is 16.3 Å². The molecule has 0 aromatic heterocycles.